The Morgan fingerprint density at radius 2 is 0.932 bits per heavy atom. The molecule has 18 atom stereocenters. The molecule has 103 heavy (non-hydrogen) atoms. The summed E-state index contributed by atoms with van der Waals surface area (Å²) in [5, 5.41) is 137. The van der Waals surface area contributed by atoms with Crippen molar-refractivity contribution in [3.8, 4) is 0 Å². The van der Waals surface area contributed by atoms with Gasteiger partial charge < -0.3 is 100 Å². The Bertz CT molecular complexity index is 2150. The number of hydrogen-bond acceptors (Lipinski definition) is 20. The van der Waals surface area contributed by atoms with Gasteiger partial charge in [0.25, 0.3) is 5.79 Å². The van der Waals surface area contributed by atoms with Gasteiger partial charge in [0, 0.05) is 19.8 Å². The van der Waals surface area contributed by atoms with Crippen molar-refractivity contribution in [3.63, 3.8) is 0 Å². The van der Waals surface area contributed by atoms with Gasteiger partial charge in [-0.3, -0.25) is 9.59 Å². The van der Waals surface area contributed by atoms with E-state index in [0.717, 1.165) is 64.7 Å². The van der Waals surface area contributed by atoms with E-state index in [1.165, 1.54) is 218 Å². The lowest BCUT2D eigenvalue weighted by Crippen LogP contribution is -2.70. The van der Waals surface area contributed by atoms with Gasteiger partial charge in [0.05, 0.1) is 50.7 Å². The number of unbranched alkanes of at least 4 members (excludes halogenated alkanes) is 41. The van der Waals surface area contributed by atoms with E-state index in [4.69, 9.17) is 28.4 Å². The number of carbonyl (C=O) groups excluding carboxylic acids is 2. The topological polar surface area (TPSA) is 373 Å². The highest BCUT2D eigenvalue weighted by molar-refractivity contribution is 5.77. The first-order valence-electron chi connectivity index (χ1n) is 41.2. The predicted octanol–water partition coefficient (Wildman–Crippen LogP) is 11.1. The summed E-state index contributed by atoms with van der Waals surface area (Å²) in [6.45, 7) is 2.25. The van der Waals surface area contributed by atoms with Gasteiger partial charge in [-0.05, 0) is 44.9 Å². The van der Waals surface area contributed by atoms with Gasteiger partial charge in [0.2, 0.25) is 11.8 Å². The molecule has 0 bridgehead atoms. The molecule has 3 heterocycles. The first-order valence-corrected chi connectivity index (χ1v) is 41.2. The molecule has 0 radical (unpaired) electrons. The zero-order valence-electron chi connectivity index (χ0n) is 63.9. The minimum absolute atomic E-state index is 0.225. The van der Waals surface area contributed by atoms with Gasteiger partial charge in [0.15, 0.2) is 12.6 Å². The third-order valence-corrected chi connectivity index (χ3v) is 20.9. The van der Waals surface area contributed by atoms with Gasteiger partial charge in [-0.2, -0.15) is 0 Å². The molecule has 18 unspecified atom stereocenters. The van der Waals surface area contributed by atoms with Crippen LogP contribution in [-0.2, 0) is 42.8 Å². The SMILES string of the molecule is CCCCCCCCCCC/C=C\C/C=C\CCCCCCCCCCCCCCCCCC(=O)NC(COC1OC(CO)C(OC2OC(CO)C(O)C(OC3(C(=O)O)CC(O)C(NC(C)=O)C(C(O)C(O)CO)O3)C2O)C(O)C1O)C(O)CCCCCCCCCCCCCCCCCCCC. The average molecular weight is 1470 g/mol. The molecule has 3 saturated heterocycles. The number of carboxylic acid groups (broad SMARTS) is 1. The molecule has 3 fully saturated rings. The number of aliphatic hydroxyl groups excluding tert-OH is 11. The Kier molecular flexibility index (Phi) is 54.2. The molecular formula is C80H148N2O21. The van der Waals surface area contributed by atoms with Gasteiger partial charge in [-0.25, -0.2) is 4.79 Å². The molecule has 0 aromatic heterocycles. The van der Waals surface area contributed by atoms with Gasteiger partial charge in [0.1, 0.15) is 67.1 Å². The van der Waals surface area contributed by atoms with Crippen molar-refractivity contribution >= 4 is 17.8 Å². The normalized spacial score (nSPS) is 26.6. The van der Waals surface area contributed by atoms with Crippen molar-refractivity contribution in [2.45, 2.75) is 439 Å². The molecule has 3 rings (SSSR count). The molecule has 0 aliphatic carbocycles. The fourth-order valence-electron chi connectivity index (χ4n) is 14.4. The Labute approximate surface area is 619 Å². The summed E-state index contributed by atoms with van der Waals surface area (Å²) in [7, 11) is 0. The van der Waals surface area contributed by atoms with E-state index in [9.17, 15) is 75.7 Å². The molecule has 3 aliphatic heterocycles. The number of allylic oxidation sites excluding steroid dienone is 4. The van der Waals surface area contributed by atoms with Crippen LogP contribution in [0.2, 0.25) is 0 Å². The molecule has 0 aromatic carbocycles. The maximum Gasteiger partial charge on any atom is 0.364 e. The van der Waals surface area contributed by atoms with Crippen molar-refractivity contribution in [1.29, 1.82) is 0 Å². The molecule has 604 valence electrons. The van der Waals surface area contributed by atoms with Crippen molar-refractivity contribution in [1.82, 2.24) is 10.6 Å². The number of carbonyl (C=O) groups is 3. The summed E-state index contributed by atoms with van der Waals surface area (Å²) >= 11 is 0. The molecule has 0 saturated carbocycles. The van der Waals surface area contributed by atoms with Crippen LogP contribution in [0.5, 0.6) is 0 Å². The molecule has 3 aliphatic rings. The second kappa shape index (κ2) is 59.1. The lowest BCUT2D eigenvalue weighted by molar-refractivity contribution is -0.386. The maximum absolute atomic E-state index is 13.6. The molecule has 23 nitrogen and oxygen atoms in total. The molecule has 0 aromatic rings. The number of nitrogens with one attached hydrogen (secondary N) is 2. The standard InChI is InChI=1S/C80H148N2O21/c1-4-6-8-10-12-14-16-18-20-22-24-25-26-27-28-29-30-31-32-33-34-35-36-38-40-42-44-46-48-50-52-54-67(90)82-61(62(87)53-51-49-47-45-43-41-39-37-23-21-19-17-15-13-11-9-7-5-2)59-98-77-72(94)71(93)74(66(58-85)100-77)101-78-73(95)76(70(92)65(57-84)99-78)103-80(79(96)97)55-63(88)68(81-60(3)86)75(102-80)69(91)64(89)56-83/h24-25,27-28,61-66,68-78,83-85,87-89,91-95H,4-23,26,29-59H2,1-3H3,(H,81,86)(H,82,90)(H,96,97)/b25-24-,28-27-. The van der Waals surface area contributed by atoms with Crippen LogP contribution in [0.15, 0.2) is 24.3 Å². The van der Waals surface area contributed by atoms with Crippen LogP contribution in [0.4, 0.5) is 0 Å². The van der Waals surface area contributed by atoms with Crippen molar-refractivity contribution < 1.29 is 104 Å². The highest BCUT2D eigenvalue weighted by Crippen LogP contribution is 2.39. The van der Waals surface area contributed by atoms with Crippen molar-refractivity contribution in [3.05, 3.63) is 24.3 Å². The second-order valence-electron chi connectivity index (χ2n) is 30.0. The van der Waals surface area contributed by atoms with Gasteiger partial charge >= 0.3 is 5.97 Å². The molecule has 0 spiro atoms. The highest BCUT2D eigenvalue weighted by Gasteiger charge is 2.60. The fourth-order valence-corrected chi connectivity index (χ4v) is 14.4. The Morgan fingerprint density at radius 3 is 1.36 bits per heavy atom. The number of rotatable bonds is 65. The maximum atomic E-state index is 13.6. The summed E-state index contributed by atoms with van der Waals surface area (Å²) in [5.74, 6) is -6.10. The number of ether oxygens (including phenoxy) is 6. The van der Waals surface area contributed by atoms with Crippen molar-refractivity contribution in [2.75, 3.05) is 26.4 Å². The van der Waals surface area contributed by atoms with Gasteiger partial charge in [-0.1, -0.05) is 289 Å². The summed E-state index contributed by atoms with van der Waals surface area (Å²) in [6.07, 6.45) is 36.0. The summed E-state index contributed by atoms with van der Waals surface area (Å²) in [5.41, 5.74) is 0. The number of aliphatic carboxylic acids is 1. The zero-order valence-corrected chi connectivity index (χ0v) is 63.9. The highest BCUT2D eigenvalue weighted by atomic mass is 16.8. The molecular weight excluding hydrogens is 1320 g/mol. The Morgan fingerprint density at radius 1 is 0.505 bits per heavy atom. The number of aliphatic hydroxyl groups is 11. The monoisotopic (exact) mass is 1470 g/mol. The van der Waals surface area contributed by atoms with E-state index in [0.29, 0.717) is 19.3 Å². The molecule has 23 heteroatoms. The summed E-state index contributed by atoms with van der Waals surface area (Å²) in [6, 6.07) is -2.53. The van der Waals surface area contributed by atoms with Crippen LogP contribution in [0.1, 0.15) is 329 Å². The lowest BCUT2D eigenvalue weighted by Gasteiger charge is -2.50. The minimum atomic E-state index is -3.08. The van der Waals surface area contributed by atoms with E-state index >= 15 is 0 Å². The third kappa shape index (κ3) is 39.4. The number of hydrogen-bond donors (Lipinski definition) is 14. The smallest absolute Gasteiger partial charge is 0.364 e. The summed E-state index contributed by atoms with van der Waals surface area (Å²) in [4.78, 5) is 38.7. The third-order valence-electron chi connectivity index (χ3n) is 20.9. The first kappa shape index (κ1) is 94.4. The van der Waals surface area contributed by atoms with E-state index in [2.05, 4.69) is 48.8 Å². The van der Waals surface area contributed by atoms with Crippen LogP contribution in [-0.4, -0.2) is 215 Å². The van der Waals surface area contributed by atoms with E-state index in [-0.39, 0.29) is 18.9 Å². The van der Waals surface area contributed by atoms with Crippen LogP contribution >= 0.6 is 0 Å². The quantitative estimate of drug-likeness (QED) is 0.0199. The Hall–Kier alpha value is -2.79. The fraction of sp³-hybridized carbons (Fsp3) is 0.912. The number of amides is 2. The first-order chi connectivity index (χ1) is 49.9. The number of carboxylic acids is 1. The zero-order chi connectivity index (χ0) is 75.3. The second-order valence-corrected chi connectivity index (χ2v) is 30.0. The van der Waals surface area contributed by atoms with Crippen LogP contribution in [0, 0.1) is 0 Å². The average Bonchev–Trinajstić information content (AvgIpc) is 0.755. The van der Waals surface area contributed by atoms with E-state index < -0.39 is 148 Å². The predicted molar refractivity (Wildman–Crippen MR) is 398 cm³/mol. The minimum Gasteiger partial charge on any atom is -0.477 e. The Balaban J connectivity index is 1.48. The molecule has 14 N–H and O–H groups in total. The van der Waals surface area contributed by atoms with E-state index in [1.807, 2.05) is 0 Å². The summed E-state index contributed by atoms with van der Waals surface area (Å²) < 4.78 is 35.0. The molecule has 2 amide bonds. The van der Waals surface area contributed by atoms with E-state index in [1.54, 1.807) is 0 Å². The van der Waals surface area contributed by atoms with Crippen LogP contribution in [0.25, 0.3) is 0 Å². The van der Waals surface area contributed by atoms with Gasteiger partial charge in [-0.15, -0.1) is 0 Å². The van der Waals surface area contributed by atoms with Crippen molar-refractivity contribution in [2.24, 2.45) is 0 Å². The largest absolute Gasteiger partial charge is 0.477 e. The van der Waals surface area contributed by atoms with Crippen LogP contribution < -0.4 is 10.6 Å². The van der Waals surface area contributed by atoms with Crippen LogP contribution in [0.3, 0.4) is 0 Å². The lowest BCUT2D eigenvalue weighted by atomic mass is 9.88.